The minimum atomic E-state index is -1.75. The molecule has 0 saturated carbocycles. The summed E-state index contributed by atoms with van der Waals surface area (Å²) in [5, 5.41) is 15.1. The highest BCUT2D eigenvalue weighted by Crippen LogP contribution is 2.38. The summed E-state index contributed by atoms with van der Waals surface area (Å²) in [7, 11) is 0. The Morgan fingerprint density at radius 3 is 2.21 bits per heavy atom. The van der Waals surface area contributed by atoms with Gasteiger partial charge in [-0.3, -0.25) is 4.90 Å². The fourth-order valence-electron chi connectivity index (χ4n) is 3.89. The molecular formula is C23H25NO3S2. The molecule has 0 radical (unpaired) electrons. The molecule has 1 fully saturated rings. The van der Waals surface area contributed by atoms with Crippen molar-refractivity contribution in [2.75, 3.05) is 13.1 Å². The Balaban J connectivity index is 1.50. The number of benzene rings is 1. The zero-order valence-corrected chi connectivity index (χ0v) is 18.2. The van der Waals surface area contributed by atoms with Gasteiger partial charge in [0.15, 0.2) is 0 Å². The average molecular weight is 428 g/mol. The van der Waals surface area contributed by atoms with Crippen LogP contribution in [0.4, 0.5) is 0 Å². The zero-order chi connectivity index (χ0) is 20.5. The molecule has 1 N–H and O–H groups in total. The lowest BCUT2D eigenvalue weighted by atomic mass is 9.93. The second-order valence-electron chi connectivity index (χ2n) is 7.85. The van der Waals surface area contributed by atoms with Crippen LogP contribution in [0.15, 0.2) is 65.4 Å². The Hall–Kier alpha value is -1.99. The molecular weight excluding hydrogens is 402 g/mol. The molecule has 29 heavy (non-hydrogen) atoms. The second-order valence-corrected chi connectivity index (χ2v) is 9.75. The topological polar surface area (TPSA) is 49.8 Å². The van der Waals surface area contributed by atoms with Crippen molar-refractivity contribution in [3.8, 4) is 0 Å². The number of thiophene rings is 2. The molecule has 6 heteroatoms. The molecule has 1 atom stereocenters. The van der Waals surface area contributed by atoms with Crippen molar-refractivity contribution in [2.24, 2.45) is 0 Å². The highest BCUT2D eigenvalue weighted by Gasteiger charge is 2.46. The molecule has 1 aliphatic rings. The van der Waals surface area contributed by atoms with Crippen molar-refractivity contribution in [3.63, 3.8) is 0 Å². The van der Waals surface area contributed by atoms with E-state index in [1.54, 1.807) is 12.1 Å². The highest BCUT2D eigenvalue weighted by atomic mass is 32.1. The van der Waals surface area contributed by atoms with Crippen molar-refractivity contribution in [2.45, 2.75) is 37.5 Å². The number of carbonyl (C=O) groups is 1. The van der Waals surface area contributed by atoms with E-state index in [0.29, 0.717) is 16.3 Å². The molecule has 0 unspecified atom stereocenters. The average Bonchev–Trinajstić information content (AvgIpc) is 3.50. The lowest BCUT2D eigenvalue weighted by Gasteiger charge is -2.36. The summed E-state index contributed by atoms with van der Waals surface area (Å²) in [6.07, 6.45) is 0.518. The van der Waals surface area contributed by atoms with Crippen LogP contribution in [0.1, 0.15) is 35.6 Å². The number of esters is 1. The molecule has 0 amide bonds. The Morgan fingerprint density at radius 2 is 1.66 bits per heavy atom. The molecule has 0 spiro atoms. The van der Waals surface area contributed by atoms with Gasteiger partial charge in [0.2, 0.25) is 5.60 Å². The summed E-state index contributed by atoms with van der Waals surface area (Å²) < 4.78 is 5.87. The molecule has 0 bridgehead atoms. The van der Waals surface area contributed by atoms with Gasteiger partial charge in [0.1, 0.15) is 6.10 Å². The van der Waals surface area contributed by atoms with Gasteiger partial charge in [-0.2, -0.15) is 0 Å². The Labute approximate surface area is 179 Å². The van der Waals surface area contributed by atoms with Crippen LogP contribution in [0, 0.1) is 0 Å². The molecule has 152 valence electrons. The van der Waals surface area contributed by atoms with Crippen LogP contribution in [0.5, 0.6) is 0 Å². The first-order valence-electron chi connectivity index (χ1n) is 9.74. The van der Waals surface area contributed by atoms with Gasteiger partial charge in [-0.25, -0.2) is 4.79 Å². The van der Waals surface area contributed by atoms with E-state index >= 15 is 0 Å². The first-order valence-corrected chi connectivity index (χ1v) is 11.5. The smallest absolute Gasteiger partial charge is 0.349 e. The van der Waals surface area contributed by atoms with Gasteiger partial charge >= 0.3 is 5.97 Å². The van der Waals surface area contributed by atoms with E-state index in [2.05, 4.69) is 30.9 Å². The lowest BCUT2D eigenvalue weighted by molar-refractivity contribution is -0.166. The number of ether oxygens (including phenoxy) is 1. The number of carbonyl (C=O) groups excluding carboxylic acids is 1. The van der Waals surface area contributed by atoms with E-state index in [-0.39, 0.29) is 11.6 Å². The maximum atomic E-state index is 13.2. The molecule has 1 saturated heterocycles. The minimum absolute atomic E-state index is 0.153. The number of hydrogen-bond donors (Lipinski definition) is 1. The fourth-order valence-corrected chi connectivity index (χ4v) is 5.60. The molecule has 4 nitrogen and oxygen atoms in total. The third-order valence-corrected chi connectivity index (χ3v) is 7.70. The maximum absolute atomic E-state index is 13.2. The van der Waals surface area contributed by atoms with Crippen LogP contribution in [-0.2, 0) is 20.7 Å². The standard InChI is InChI=1S/C23H25NO3S2/c1-22(2,17-8-4-3-5-9-17)24-13-12-18(16-24)27-21(25)23(26,19-10-6-14-28-19)20-11-7-15-29-20/h3-11,14-15,18,26H,12-13,16H2,1-2H3/t18-/m1/s1. The first kappa shape index (κ1) is 20.3. The summed E-state index contributed by atoms with van der Waals surface area (Å²) in [6.45, 7) is 5.88. The van der Waals surface area contributed by atoms with Gasteiger partial charge in [0.25, 0.3) is 0 Å². The van der Waals surface area contributed by atoms with Gasteiger partial charge in [-0.1, -0.05) is 42.5 Å². The Morgan fingerprint density at radius 1 is 1.03 bits per heavy atom. The minimum Gasteiger partial charge on any atom is -0.458 e. The van der Waals surface area contributed by atoms with E-state index in [4.69, 9.17) is 4.74 Å². The lowest BCUT2D eigenvalue weighted by Crippen LogP contribution is -2.42. The van der Waals surface area contributed by atoms with Crippen LogP contribution in [-0.4, -0.2) is 35.2 Å². The van der Waals surface area contributed by atoms with E-state index < -0.39 is 11.6 Å². The normalized spacial score (nSPS) is 18.1. The van der Waals surface area contributed by atoms with Gasteiger partial charge in [-0.15, -0.1) is 22.7 Å². The molecule has 0 aliphatic carbocycles. The van der Waals surface area contributed by atoms with Crippen molar-refractivity contribution in [3.05, 3.63) is 80.7 Å². The van der Waals surface area contributed by atoms with E-state index in [9.17, 15) is 9.90 Å². The van der Waals surface area contributed by atoms with Gasteiger partial charge < -0.3 is 9.84 Å². The Bertz CT molecular complexity index is 902. The zero-order valence-electron chi connectivity index (χ0n) is 16.6. The molecule has 1 aliphatic heterocycles. The molecule has 1 aromatic carbocycles. The number of hydrogen-bond acceptors (Lipinski definition) is 6. The predicted octanol–water partition coefficient (Wildman–Crippen LogP) is 4.60. The fraction of sp³-hybridized carbons (Fsp3) is 0.348. The SMILES string of the molecule is CC(C)(c1ccccc1)N1CC[C@@H](OC(=O)C(O)(c2cccs2)c2cccs2)C1. The quantitative estimate of drug-likeness (QED) is 0.584. The molecule has 2 aromatic heterocycles. The van der Waals surface area contributed by atoms with E-state index in [1.165, 1.54) is 28.2 Å². The second kappa shape index (κ2) is 8.03. The number of aliphatic hydroxyl groups is 1. The molecule has 4 rings (SSSR count). The van der Waals surface area contributed by atoms with Crippen LogP contribution in [0.2, 0.25) is 0 Å². The van der Waals surface area contributed by atoms with Crippen LogP contribution in [0.25, 0.3) is 0 Å². The van der Waals surface area contributed by atoms with Crippen LogP contribution in [0.3, 0.4) is 0 Å². The van der Waals surface area contributed by atoms with Gasteiger partial charge in [0.05, 0.1) is 9.75 Å². The number of rotatable bonds is 6. The van der Waals surface area contributed by atoms with Crippen LogP contribution >= 0.6 is 22.7 Å². The first-order chi connectivity index (χ1) is 13.9. The van der Waals surface area contributed by atoms with Crippen molar-refractivity contribution in [1.29, 1.82) is 0 Å². The summed E-state index contributed by atoms with van der Waals surface area (Å²) >= 11 is 2.72. The van der Waals surface area contributed by atoms with Gasteiger partial charge in [0, 0.05) is 18.6 Å². The predicted molar refractivity (Wildman–Crippen MR) is 117 cm³/mol. The van der Waals surface area contributed by atoms with Crippen LogP contribution < -0.4 is 0 Å². The monoisotopic (exact) mass is 427 g/mol. The highest BCUT2D eigenvalue weighted by molar-refractivity contribution is 7.12. The number of nitrogens with zero attached hydrogens (tertiary/aromatic N) is 1. The summed E-state index contributed by atoms with van der Waals surface area (Å²) in [5.41, 5.74) is -0.661. The van der Waals surface area contributed by atoms with Crippen molar-refractivity contribution in [1.82, 2.24) is 4.90 Å². The van der Waals surface area contributed by atoms with Crippen molar-refractivity contribution >= 4 is 28.6 Å². The Kier molecular flexibility index (Phi) is 5.62. The largest absolute Gasteiger partial charge is 0.458 e. The van der Waals surface area contributed by atoms with Crippen molar-refractivity contribution < 1.29 is 14.6 Å². The third-order valence-electron chi connectivity index (χ3n) is 5.74. The summed E-state index contributed by atoms with van der Waals surface area (Å²) in [6, 6.07) is 17.6. The number of likely N-dealkylation sites (tertiary alicyclic amines) is 1. The third kappa shape index (κ3) is 3.78. The molecule has 3 heterocycles. The molecule has 3 aromatic rings. The summed E-state index contributed by atoms with van der Waals surface area (Å²) in [5.74, 6) is -0.591. The van der Waals surface area contributed by atoms with E-state index in [1.807, 2.05) is 41.1 Å². The maximum Gasteiger partial charge on any atom is 0.349 e. The van der Waals surface area contributed by atoms with Gasteiger partial charge in [-0.05, 0) is 48.7 Å². The summed E-state index contributed by atoms with van der Waals surface area (Å²) in [4.78, 5) is 16.7. The van der Waals surface area contributed by atoms with E-state index in [0.717, 1.165) is 13.0 Å².